The number of hydrogen-bond donors (Lipinski definition) is 0. The monoisotopic (exact) mass is 315 g/mol. The van der Waals surface area contributed by atoms with Crippen LogP contribution in [-0.2, 0) is 6.42 Å². The summed E-state index contributed by atoms with van der Waals surface area (Å²) in [5, 5.41) is 0. The van der Waals surface area contributed by atoms with Crippen molar-refractivity contribution < 1.29 is 8.78 Å². The lowest BCUT2D eigenvalue weighted by Gasteiger charge is -2.22. The summed E-state index contributed by atoms with van der Waals surface area (Å²) in [5.74, 6) is -3.21. The van der Waals surface area contributed by atoms with Crippen molar-refractivity contribution in [3.63, 3.8) is 0 Å². The van der Waals surface area contributed by atoms with E-state index >= 15 is 0 Å². The molecule has 0 amide bonds. The number of nitrogens with zero attached hydrogens (tertiary/aromatic N) is 1. The molecule has 2 fully saturated rings. The molecule has 1 saturated heterocycles. The van der Waals surface area contributed by atoms with Gasteiger partial charge in [0.15, 0.2) is 0 Å². The van der Waals surface area contributed by atoms with E-state index in [0.29, 0.717) is 13.1 Å². The highest BCUT2D eigenvalue weighted by Gasteiger charge is 2.71. The Morgan fingerprint density at radius 2 is 2.00 bits per heavy atom. The van der Waals surface area contributed by atoms with E-state index in [4.69, 9.17) is 0 Å². The molecule has 0 spiro atoms. The molecule has 1 aromatic rings. The van der Waals surface area contributed by atoms with Crippen LogP contribution in [0.15, 0.2) is 22.7 Å². The highest BCUT2D eigenvalue weighted by molar-refractivity contribution is 9.10. The van der Waals surface area contributed by atoms with Crippen LogP contribution in [0.5, 0.6) is 0 Å². The molecule has 2 aliphatic rings. The van der Waals surface area contributed by atoms with Crippen molar-refractivity contribution >= 4 is 21.6 Å². The molecule has 1 nitrogen and oxygen atoms in total. The topological polar surface area (TPSA) is 3.24 Å². The number of piperidine rings is 1. The molecule has 2 atom stereocenters. The second kappa shape index (κ2) is 4.19. The van der Waals surface area contributed by atoms with E-state index in [1.807, 2.05) is 0 Å². The number of aryl methyl sites for hydroxylation is 1. The number of halogens is 3. The first-order chi connectivity index (χ1) is 8.54. The lowest BCUT2D eigenvalue weighted by atomic mass is 10.1. The summed E-state index contributed by atoms with van der Waals surface area (Å²) in [5.41, 5.74) is 2.35. The van der Waals surface area contributed by atoms with Crippen molar-refractivity contribution in [2.45, 2.75) is 25.7 Å². The van der Waals surface area contributed by atoms with Crippen LogP contribution in [0, 0.1) is 11.8 Å². The fraction of sp³-hybridized carbons (Fsp3) is 0.571. The Balaban J connectivity index is 1.73. The average molecular weight is 316 g/mol. The van der Waals surface area contributed by atoms with Gasteiger partial charge < -0.3 is 4.90 Å². The molecular formula is C14H16BrF2N. The minimum atomic E-state index is -2.39. The van der Waals surface area contributed by atoms with Crippen LogP contribution in [0.4, 0.5) is 14.5 Å². The summed E-state index contributed by atoms with van der Waals surface area (Å²) < 4.78 is 27.4. The Hall–Kier alpha value is -0.640. The number of rotatable bonds is 3. The van der Waals surface area contributed by atoms with Crippen molar-refractivity contribution in [3.05, 3.63) is 28.2 Å². The van der Waals surface area contributed by atoms with Crippen LogP contribution < -0.4 is 4.90 Å². The first-order valence-electron chi connectivity index (χ1n) is 6.45. The molecular weight excluding hydrogens is 300 g/mol. The molecule has 2 unspecified atom stereocenters. The predicted molar refractivity (Wildman–Crippen MR) is 72.3 cm³/mol. The average Bonchev–Trinajstić information content (AvgIpc) is 2.73. The number of fused-ring (bicyclic) bond motifs is 1. The molecule has 0 radical (unpaired) electrons. The fourth-order valence-electron chi connectivity index (χ4n) is 2.92. The maximum Gasteiger partial charge on any atom is 0.258 e. The molecule has 1 saturated carbocycles. The molecule has 4 heteroatoms. The van der Waals surface area contributed by atoms with Gasteiger partial charge in [0.2, 0.25) is 0 Å². The zero-order chi connectivity index (χ0) is 12.9. The van der Waals surface area contributed by atoms with E-state index in [1.54, 1.807) is 0 Å². The zero-order valence-corrected chi connectivity index (χ0v) is 11.9. The summed E-state index contributed by atoms with van der Waals surface area (Å²) >= 11 is 3.57. The second-order valence-electron chi connectivity index (χ2n) is 5.32. The van der Waals surface area contributed by atoms with Gasteiger partial charge >= 0.3 is 0 Å². The summed E-state index contributed by atoms with van der Waals surface area (Å²) in [4.78, 5) is 2.08. The van der Waals surface area contributed by atoms with Gasteiger partial charge in [0, 0.05) is 23.2 Å². The maximum absolute atomic E-state index is 13.1. The van der Waals surface area contributed by atoms with Crippen molar-refractivity contribution in [2.24, 2.45) is 11.8 Å². The van der Waals surface area contributed by atoms with Gasteiger partial charge in [-0.2, -0.15) is 0 Å². The van der Waals surface area contributed by atoms with Gasteiger partial charge in [0.1, 0.15) is 0 Å². The van der Waals surface area contributed by atoms with Gasteiger partial charge in [0.25, 0.3) is 5.92 Å². The van der Waals surface area contributed by atoms with E-state index in [9.17, 15) is 8.78 Å². The molecule has 1 heterocycles. The molecule has 18 heavy (non-hydrogen) atoms. The van der Waals surface area contributed by atoms with Gasteiger partial charge in [-0.25, -0.2) is 8.78 Å². The SMILES string of the molecule is CCCc1ccc(N2CC3C(C2)C3(F)F)cc1Br. The predicted octanol–water partition coefficient (Wildman–Crippen LogP) is 4.10. The van der Waals surface area contributed by atoms with Crippen LogP contribution >= 0.6 is 15.9 Å². The molecule has 0 bridgehead atoms. The fourth-order valence-corrected chi connectivity index (χ4v) is 3.49. The van der Waals surface area contributed by atoms with E-state index in [2.05, 4.69) is 46.0 Å². The zero-order valence-electron chi connectivity index (χ0n) is 10.3. The summed E-state index contributed by atoms with van der Waals surface area (Å²) in [7, 11) is 0. The van der Waals surface area contributed by atoms with Gasteiger partial charge in [-0.1, -0.05) is 35.3 Å². The van der Waals surface area contributed by atoms with Crippen LogP contribution in [0.3, 0.4) is 0 Å². The third kappa shape index (κ3) is 1.85. The quantitative estimate of drug-likeness (QED) is 0.811. The van der Waals surface area contributed by atoms with Gasteiger partial charge in [-0.15, -0.1) is 0 Å². The molecule has 1 aromatic carbocycles. The second-order valence-corrected chi connectivity index (χ2v) is 6.17. The lowest BCUT2D eigenvalue weighted by Crippen LogP contribution is -2.27. The highest BCUT2D eigenvalue weighted by Crippen LogP contribution is 2.59. The normalized spacial score (nSPS) is 28.3. The van der Waals surface area contributed by atoms with E-state index in [0.717, 1.165) is 23.0 Å². The third-order valence-corrected chi connectivity index (χ3v) is 4.86. The molecule has 98 valence electrons. The Kier molecular flexibility index (Phi) is 2.88. The number of hydrogen-bond acceptors (Lipinski definition) is 1. The Morgan fingerprint density at radius 3 is 2.56 bits per heavy atom. The Labute approximate surface area is 114 Å². The Bertz CT molecular complexity index is 461. The minimum Gasteiger partial charge on any atom is -0.370 e. The third-order valence-electron chi connectivity index (χ3n) is 4.12. The van der Waals surface area contributed by atoms with E-state index < -0.39 is 17.8 Å². The molecule has 1 aliphatic carbocycles. The van der Waals surface area contributed by atoms with E-state index in [1.165, 1.54) is 5.56 Å². The van der Waals surface area contributed by atoms with Crippen LogP contribution in [0.1, 0.15) is 18.9 Å². The number of anilines is 1. The standard InChI is InChI=1S/C14H16BrF2N/c1-2-3-9-4-5-10(6-13(9)15)18-7-11-12(8-18)14(11,16)17/h4-6,11-12H,2-3,7-8H2,1H3. The first-order valence-corrected chi connectivity index (χ1v) is 7.24. The smallest absolute Gasteiger partial charge is 0.258 e. The van der Waals surface area contributed by atoms with Crippen LogP contribution in [0.25, 0.3) is 0 Å². The van der Waals surface area contributed by atoms with Crippen LogP contribution in [0.2, 0.25) is 0 Å². The van der Waals surface area contributed by atoms with Crippen LogP contribution in [-0.4, -0.2) is 19.0 Å². The summed E-state index contributed by atoms with van der Waals surface area (Å²) in [6.45, 7) is 3.14. The summed E-state index contributed by atoms with van der Waals surface area (Å²) in [6, 6.07) is 6.22. The highest BCUT2D eigenvalue weighted by atomic mass is 79.9. The van der Waals surface area contributed by atoms with Crippen molar-refractivity contribution in [2.75, 3.05) is 18.0 Å². The minimum absolute atomic E-state index is 0.411. The van der Waals surface area contributed by atoms with Crippen molar-refractivity contribution in [1.29, 1.82) is 0 Å². The number of benzene rings is 1. The largest absolute Gasteiger partial charge is 0.370 e. The maximum atomic E-state index is 13.1. The van der Waals surface area contributed by atoms with Crippen molar-refractivity contribution in [1.82, 2.24) is 0 Å². The number of alkyl halides is 2. The molecule has 0 N–H and O–H groups in total. The van der Waals surface area contributed by atoms with Gasteiger partial charge in [-0.05, 0) is 24.1 Å². The summed E-state index contributed by atoms with van der Waals surface area (Å²) in [6.07, 6.45) is 2.15. The lowest BCUT2D eigenvalue weighted by molar-refractivity contribution is 0.0798. The van der Waals surface area contributed by atoms with Gasteiger partial charge in [-0.3, -0.25) is 0 Å². The molecule has 3 rings (SSSR count). The Morgan fingerprint density at radius 1 is 1.33 bits per heavy atom. The molecule has 1 aliphatic heterocycles. The van der Waals surface area contributed by atoms with E-state index in [-0.39, 0.29) is 0 Å². The first kappa shape index (κ1) is 12.4. The molecule has 0 aromatic heterocycles. The van der Waals surface area contributed by atoms with Crippen molar-refractivity contribution in [3.8, 4) is 0 Å². The van der Waals surface area contributed by atoms with Gasteiger partial charge in [0.05, 0.1) is 11.8 Å².